The number of carbonyl (C=O) groups is 3. The Labute approximate surface area is 180 Å². The zero-order valence-electron chi connectivity index (χ0n) is 16.5. The van der Waals surface area contributed by atoms with E-state index in [-0.39, 0.29) is 22.2 Å². The summed E-state index contributed by atoms with van der Waals surface area (Å²) in [6.45, 7) is 3.02. The second-order valence-corrected chi connectivity index (χ2v) is 7.90. The van der Waals surface area contributed by atoms with Crippen molar-refractivity contribution < 1.29 is 23.9 Å². The molecule has 0 aliphatic carbocycles. The van der Waals surface area contributed by atoms with E-state index in [0.29, 0.717) is 21.7 Å². The summed E-state index contributed by atoms with van der Waals surface area (Å²) in [4.78, 5) is 47.6. The molecule has 31 heavy (non-hydrogen) atoms. The van der Waals surface area contributed by atoms with Gasteiger partial charge in [-0.3, -0.25) is 24.3 Å². The van der Waals surface area contributed by atoms with Crippen LogP contribution < -0.4 is 4.90 Å². The Kier molecular flexibility index (Phi) is 5.20. The molecule has 1 saturated heterocycles. The van der Waals surface area contributed by atoms with Crippen LogP contribution in [-0.2, 0) is 9.59 Å². The third kappa shape index (κ3) is 3.53. The second-order valence-electron chi connectivity index (χ2n) is 6.92. The van der Waals surface area contributed by atoms with Crippen molar-refractivity contribution in [3.63, 3.8) is 0 Å². The zero-order chi connectivity index (χ0) is 22.3. The number of hydrogen-bond acceptors (Lipinski definition) is 7. The van der Waals surface area contributed by atoms with Crippen LogP contribution in [0, 0.1) is 12.7 Å². The average molecular weight is 437 g/mol. The maximum atomic E-state index is 13.5. The molecule has 1 aliphatic rings. The normalized spacial score (nSPS) is 17.9. The van der Waals surface area contributed by atoms with E-state index in [1.807, 2.05) is 0 Å². The number of halogens is 1. The van der Waals surface area contributed by atoms with Crippen molar-refractivity contribution in [1.29, 1.82) is 0 Å². The van der Waals surface area contributed by atoms with E-state index in [2.05, 4.69) is 9.97 Å². The van der Waals surface area contributed by atoms with Crippen LogP contribution in [0.1, 0.15) is 39.5 Å². The van der Waals surface area contributed by atoms with Gasteiger partial charge in [-0.2, -0.15) is 0 Å². The minimum atomic E-state index is -1.04. The van der Waals surface area contributed by atoms with Crippen molar-refractivity contribution >= 4 is 39.7 Å². The number of rotatable bonds is 4. The smallest absolute Gasteiger partial charge is 0.301 e. The predicted octanol–water partition coefficient (Wildman–Crippen LogP) is 3.81. The molecular weight excluding hydrogens is 421 g/mol. The van der Waals surface area contributed by atoms with Gasteiger partial charge in [0.25, 0.3) is 5.78 Å². The number of thiazole rings is 1. The Hall–Kier alpha value is -3.72. The number of pyridine rings is 1. The zero-order valence-corrected chi connectivity index (χ0v) is 17.3. The third-order valence-corrected chi connectivity index (χ3v) is 6.15. The highest BCUT2D eigenvalue weighted by Gasteiger charge is 2.48. The van der Waals surface area contributed by atoms with E-state index in [9.17, 15) is 23.9 Å². The lowest BCUT2D eigenvalue weighted by Crippen LogP contribution is -2.29. The summed E-state index contributed by atoms with van der Waals surface area (Å²) < 4.78 is 13.5. The first-order valence-corrected chi connectivity index (χ1v) is 10.1. The topological polar surface area (TPSA) is 100 Å². The molecule has 1 aromatic carbocycles. The van der Waals surface area contributed by atoms with E-state index in [4.69, 9.17) is 0 Å². The summed E-state index contributed by atoms with van der Waals surface area (Å²) in [5.41, 5.74) is 0.995. The lowest BCUT2D eigenvalue weighted by molar-refractivity contribution is -0.132. The molecule has 1 fully saturated rings. The number of anilines is 1. The fraction of sp³-hybridized carbons (Fsp3) is 0.136. The van der Waals surface area contributed by atoms with Gasteiger partial charge in [-0.05, 0) is 36.8 Å². The molecule has 3 heterocycles. The molecule has 1 N–H and O–H groups in total. The van der Waals surface area contributed by atoms with Gasteiger partial charge in [0.15, 0.2) is 10.9 Å². The molecule has 0 bridgehead atoms. The lowest BCUT2D eigenvalue weighted by atomic mass is 9.95. The molecule has 0 spiro atoms. The fourth-order valence-corrected chi connectivity index (χ4v) is 4.46. The highest BCUT2D eigenvalue weighted by atomic mass is 32.1. The lowest BCUT2D eigenvalue weighted by Gasteiger charge is -2.23. The highest BCUT2D eigenvalue weighted by molar-refractivity contribution is 7.18. The molecule has 1 unspecified atom stereocenters. The number of aliphatic hydroxyl groups excluding tert-OH is 1. The molecule has 2 aromatic heterocycles. The summed E-state index contributed by atoms with van der Waals surface area (Å²) in [6, 6.07) is 7.25. The summed E-state index contributed by atoms with van der Waals surface area (Å²) in [6.07, 6.45) is 2.89. The molecule has 0 saturated carbocycles. The number of aliphatic hydroxyl groups is 1. The largest absolute Gasteiger partial charge is 0.507 e. The SMILES string of the molecule is CC(=O)c1sc(N2C(=O)C(=O)/C(=C(/O)c3ccncc3)C2c2ccc(F)cc2)nc1C. The molecule has 156 valence electrons. The maximum absolute atomic E-state index is 13.5. The summed E-state index contributed by atoms with van der Waals surface area (Å²) in [5, 5.41) is 11.1. The first-order chi connectivity index (χ1) is 14.8. The number of ketones is 2. The molecular formula is C22H16FN3O4S. The molecule has 1 atom stereocenters. The van der Waals surface area contributed by atoms with E-state index in [1.165, 1.54) is 55.7 Å². The van der Waals surface area contributed by atoms with Crippen molar-refractivity contribution in [2.24, 2.45) is 0 Å². The van der Waals surface area contributed by atoms with Crippen molar-refractivity contribution in [1.82, 2.24) is 9.97 Å². The minimum absolute atomic E-state index is 0.146. The Bertz CT molecular complexity index is 1240. The van der Waals surface area contributed by atoms with Crippen LogP contribution in [0.25, 0.3) is 5.76 Å². The number of carbonyl (C=O) groups excluding carboxylic acids is 3. The predicted molar refractivity (Wildman–Crippen MR) is 112 cm³/mol. The van der Waals surface area contributed by atoms with E-state index >= 15 is 0 Å². The van der Waals surface area contributed by atoms with Gasteiger partial charge in [0.2, 0.25) is 0 Å². The van der Waals surface area contributed by atoms with Crippen molar-refractivity contribution in [2.75, 3.05) is 4.90 Å². The molecule has 7 nitrogen and oxygen atoms in total. The second kappa shape index (κ2) is 7.84. The fourth-order valence-electron chi connectivity index (χ4n) is 3.47. The van der Waals surface area contributed by atoms with Gasteiger partial charge < -0.3 is 5.11 Å². The summed E-state index contributed by atoms with van der Waals surface area (Å²) in [5.74, 6) is -2.88. The summed E-state index contributed by atoms with van der Waals surface area (Å²) >= 11 is 0.986. The Morgan fingerprint density at radius 1 is 1.13 bits per heavy atom. The summed E-state index contributed by atoms with van der Waals surface area (Å²) in [7, 11) is 0. The minimum Gasteiger partial charge on any atom is -0.507 e. The quantitative estimate of drug-likeness (QED) is 0.288. The van der Waals surface area contributed by atoms with E-state index in [0.717, 1.165) is 16.2 Å². The number of aromatic nitrogens is 2. The molecule has 4 rings (SSSR count). The number of benzene rings is 1. The molecule has 0 radical (unpaired) electrons. The third-order valence-electron chi connectivity index (χ3n) is 4.90. The number of Topliss-reactive ketones (excluding diaryl/α,β-unsaturated/α-hetero) is 2. The van der Waals surface area contributed by atoms with Crippen LogP contribution >= 0.6 is 11.3 Å². The Balaban J connectivity index is 1.95. The first kappa shape index (κ1) is 20.5. The first-order valence-electron chi connectivity index (χ1n) is 9.24. The monoisotopic (exact) mass is 437 g/mol. The van der Waals surface area contributed by atoms with Gasteiger partial charge >= 0.3 is 5.91 Å². The van der Waals surface area contributed by atoms with Gasteiger partial charge in [0.05, 0.1) is 22.2 Å². The van der Waals surface area contributed by atoms with Gasteiger partial charge in [0, 0.05) is 24.9 Å². The molecule has 3 aromatic rings. The van der Waals surface area contributed by atoms with E-state index < -0.39 is 23.5 Å². The van der Waals surface area contributed by atoms with Crippen molar-refractivity contribution in [3.05, 3.63) is 81.9 Å². The van der Waals surface area contributed by atoms with Gasteiger partial charge in [-0.1, -0.05) is 23.5 Å². The average Bonchev–Trinajstić information content (AvgIpc) is 3.26. The Morgan fingerprint density at radius 3 is 2.35 bits per heavy atom. The van der Waals surface area contributed by atoms with Gasteiger partial charge in [0.1, 0.15) is 11.6 Å². The number of aryl methyl sites for hydroxylation is 1. The van der Waals surface area contributed by atoms with Gasteiger partial charge in [-0.25, -0.2) is 9.37 Å². The maximum Gasteiger partial charge on any atom is 0.301 e. The number of hydrogen-bond donors (Lipinski definition) is 1. The Morgan fingerprint density at radius 2 is 1.77 bits per heavy atom. The van der Waals surface area contributed by atoms with Crippen LogP contribution in [0.3, 0.4) is 0 Å². The number of nitrogens with zero attached hydrogens (tertiary/aromatic N) is 3. The molecule has 9 heteroatoms. The van der Waals surface area contributed by atoms with Gasteiger partial charge in [-0.15, -0.1) is 0 Å². The van der Waals surface area contributed by atoms with E-state index in [1.54, 1.807) is 6.92 Å². The van der Waals surface area contributed by atoms with Crippen LogP contribution in [0.2, 0.25) is 0 Å². The van der Waals surface area contributed by atoms with Crippen LogP contribution in [0.15, 0.2) is 54.4 Å². The number of amides is 1. The molecule has 1 amide bonds. The van der Waals surface area contributed by atoms with Crippen LogP contribution in [0.4, 0.5) is 9.52 Å². The van der Waals surface area contributed by atoms with Crippen LogP contribution in [-0.4, -0.2) is 32.5 Å². The van der Waals surface area contributed by atoms with Crippen molar-refractivity contribution in [2.45, 2.75) is 19.9 Å². The standard InChI is InChI=1S/C22H16FN3O4S/c1-11-20(12(2)27)31-22(25-11)26-17(13-3-5-15(23)6-4-13)16(19(29)21(26)30)18(28)14-7-9-24-10-8-14/h3-10,17,28H,1-2H3/b18-16+. The highest BCUT2D eigenvalue weighted by Crippen LogP contribution is 2.43. The molecule has 1 aliphatic heterocycles. The van der Waals surface area contributed by atoms with Crippen molar-refractivity contribution in [3.8, 4) is 0 Å². The van der Waals surface area contributed by atoms with Crippen LogP contribution in [0.5, 0.6) is 0 Å².